The Morgan fingerprint density at radius 2 is 1.69 bits per heavy atom. The van der Waals surface area contributed by atoms with E-state index < -0.39 is 10.1 Å². The number of unbranched alkanes of at least 4 members (excludes halogenated alkanes) is 1. The van der Waals surface area contributed by atoms with Crippen LogP contribution in [0.2, 0.25) is 0 Å². The van der Waals surface area contributed by atoms with Gasteiger partial charge in [-0.25, -0.2) is 0 Å². The minimum absolute atomic E-state index is 0. The minimum Gasteiger partial charge on any atom is -0.382 e. The zero-order chi connectivity index (χ0) is 26.5. The summed E-state index contributed by atoms with van der Waals surface area (Å²) in [5, 5.41) is 3.07. The highest BCUT2D eigenvalue weighted by Crippen LogP contribution is 2.43. The lowest BCUT2D eigenvalue weighted by molar-refractivity contribution is 0.0947. The van der Waals surface area contributed by atoms with Crippen molar-refractivity contribution in [2.75, 3.05) is 25.9 Å². The van der Waals surface area contributed by atoms with Gasteiger partial charge in [0.05, 0.1) is 6.26 Å². The van der Waals surface area contributed by atoms with Gasteiger partial charge < -0.3 is 9.50 Å². The fourth-order valence-electron chi connectivity index (χ4n) is 6.07. The number of hydrogen-bond donors (Lipinski definition) is 1. The fourth-order valence-corrected chi connectivity index (χ4v) is 6.55. The number of hydrogen-bond acceptors (Lipinski definition) is 5. The number of fused-ring (bicyclic) bond motifs is 3. The lowest BCUT2D eigenvalue weighted by Gasteiger charge is -2.45. The molecule has 2 aliphatic rings. The zero-order valence-corrected chi connectivity index (χ0v) is 24.0. The van der Waals surface area contributed by atoms with Gasteiger partial charge in [0, 0.05) is 18.2 Å². The van der Waals surface area contributed by atoms with E-state index in [1.54, 1.807) is 6.07 Å². The van der Waals surface area contributed by atoms with Gasteiger partial charge in [0.2, 0.25) is 0 Å². The van der Waals surface area contributed by atoms with Crippen molar-refractivity contribution >= 4 is 28.4 Å². The van der Waals surface area contributed by atoms with Gasteiger partial charge in [-0.1, -0.05) is 54.6 Å². The first-order valence-corrected chi connectivity index (χ1v) is 15.4. The van der Waals surface area contributed by atoms with Crippen LogP contribution >= 0.6 is 12.4 Å². The van der Waals surface area contributed by atoms with Gasteiger partial charge in [0.1, 0.15) is 5.75 Å². The summed E-state index contributed by atoms with van der Waals surface area (Å²) in [5.74, 6) is 0.874. The highest BCUT2D eigenvalue weighted by molar-refractivity contribution is 7.86. The van der Waals surface area contributed by atoms with E-state index in [0.717, 1.165) is 74.6 Å². The van der Waals surface area contributed by atoms with E-state index in [9.17, 15) is 13.2 Å². The van der Waals surface area contributed by atoms with Crippen LogP contribution in [0.5, 0.6) is 5.75 Å². The fraction of sp³-hybridized carbons (Fsp3) is 0.387. The maximum absolute atomic E-state index is 12.6. The molecular weight excluding hydrogens is 532 g/mol. The average molecular weight is 569 g/mol. The summed E-state index contributed by atoms with van der Waals surface area (Å²) in [7, 11) is -3.55. The summed E-state index contributed by atoms with van der Waals surface area (Å²) in [6, 6.07) is 24.2. The van der Waals surface area contributed by atoms with E-state index in [1.165, 1.54) is 5.56 Å². The molecule has 6 nitrogen and oxygen atoms in total. The molecule has 39 heavy (non-hydrogen) atoms. The van der Waals surface area contributed by atoms with Crippen LogP contribution < -0.4 is 9.50 Å². The normalized spacial score (nSPS) is 18.8. The second-order valence-corrected chi connectivity index (χ2v) is 12.0. The summed E-state index contributed by atoms with van der Waals surface area (Å²) in [6.07, 6.45) is 7.16. The van der Waals surface area contributed by atoms with Crippen LogP contribution in [0.25, 0.3) is 11.1 Å². The molecule has 1 heterocycles. The SMILES string of the molecule is CS(=O)(=O)Oc1cccc2c1CC[C@@H]1[C@H]2CCCN1CCCCNC(=O)c1ccc(-c2ccccc2)cc1.Cl. The predicted octanol–water partition coefficient (Wildman–Crippen LogP) is 5.82. The molecular formula is C31H37ClN2O4S. The lowest BCUT2D eigenvalue weighted by Crippen LogP contribution is -2.46. The molecule has 1 N–H and O–H groups in total. The van der Waals surface area contributed by atoms with Crippen molar-refractivity contribution in [2.45, 2.75) is 50.5 Å². The third-order valence-corrected chi connectivity index (χ3v) is 8.29. The standard InChI is InChI=1S/C31H36N2O4S.ClH/c1-38(35,36)37-30-13-7-11-26-27-12-8-22-33(29(27)19-18-28(26)30)21-6-5-20-32-31(34)25-16-14-24(15-17-25)23-9-3-2-4-10-23;/h2-4,7,9-11,13-17,27,29H,5-6,8,12,18-22H2,1H3,(H,32,34);1H/t27-,29+;/m0./s1. The topological polar surface area (TPSA) is 75.7 Å². The second-order valence-electron chi connectivity index (χ2n) is 10.4. The van der Waals surface area contributed by atoms with E-state index in [0.29, 0.717) is 29.8 Å². The molecule has 208 valence electrons. The number of halogens is 1. The maximum Gasteiger partial charge on any atom is 0.306 e. The number of carbonyl (C=O) groups excluding carboxylic acids is 1. The Hall–Kier alpha value is -2.87. The van der Waals surface area contributed by atoms with Gasteiger partial charge in [0.15, 0.2) is 0 Å². The van der Waals surface area contributed by atoms with E-state index in [-0.39, 0.29) is 18.3 Å². The molecule has 1 aliphatic carbocycles. The van der Waals surface area contributed by atoms with Crippen molar-refractivity contribution in [3.8, 4) is 16.9 Å². The number of rotatable bonds is 9. The second kappa shape index (κ2) is 13.0. The van der Waals surface area contributed by atoms with Gasteiger partial charge in [0.25, 0.3) is 5.91 Å². The van der Waals surface area contributed by atoms with Crippen molar-refractivity contribution in [2.24, 2.45) is 0 Å². The zero-order valence-electron chi connectivity index (χ0n) is 22.3. The summed E-state index contributed by atoms with van der Waals surface area (Å²) in [6.45, 7) is 2.77. The summed E-state index contributed by atoms with van der Waals surface area (Å²) in [4.78, 5) is 15.2. The first kappa shape index (κ1) is 29.1. The monoisotopic (exact) mass is 568 g/mol. The van der Waals surface area contributed by atoms with Crippen molar-refractivity contribution in [3.05, 3.63) is 89.5 Å². The number of likely N-dealkylation sites (tertiary alicyclic amines) is 1. The maximum atomic E-state index is 12.6. The van der Waals surface area contributed by atoms with Crippen molar-refractivity contribution in [3.63, 3.8) is 0 Å². The van der Waals surface area contributed by atoms with Gasteiger partial charge in [-0.3, -0.25) is 9.69 Å². The number of carbonyl (C=O) groups is 1. The van der Waals surface area contributed by atoms with Crippen LogP contribution in [0, 0.1) is 0 Å². The van der Waals surface area contributed by atoms with E-state index in [2.05, 4.69) is 28.4 Å². The smallest absolute Gasteiger partial charge is 0.306 e. The number of nitrogens with one attached hydrogen (secondary N) is 1. The molecule has 1 aliphatic heterocycles. The summed E-state index contributed by atoms with van der Waals surface area (Å²) < 4.78 is 28.8. The third kappa shape index (κ3) is 7.21. The van der Waals surface area contributed by atoms with Crippen LogP contribution in [0.1, 0.15) is 59.5 Å². The Morgan fingerprint density at radius 1 is 0.949 bits per heavy atom. The number of nitrogens with zero attached hydrogens (tertiary/aromatic N) is 1. The molecule has 8 heteroatoms. The summed E-state index contributed by atoms with van der Waals surface area (Å²) >= 11 is 0. The molecule has 2 atom stereocenters. The molecule has 3 aromatic carbocycles. The molecule has 3 aromatic rings. The van der Waals surface area contributed by atoms with Gasteiger partial charge in [-0.05, 0) is 98.0 Å². The van der Waals surface area contributed by atoms with Crippen molar-refractivity contribution < 1.29 is 17.4 Å². The molecule has 0 saturated carbocycles. The molecule has 1 fully saturated rings. The third-order valence-electron chi connectivity index (χ3n) is 7.81. The molecule has 0 spiro atoms. The predicted molar refractivity (Wildman–Crippen MR) is 158 cm³/mol. The highest BCUT2D eigenvalue weighted by atomic mass is 35.5. The number of benzene rings is 3. The summed E-state index contributed by atoms with van der Waals surface area (Å²) in [5.41, 5.74) is 5.23. The van der Waals surface area contributed by atoms with E-state index in [4.69, 9.17) is 4.18 Å². The quantitative estimate of drug-likeness (QED) is 0.260. The van der Waals surface area contributed by atoms with E-state index in [1.807, 2.05) is 48.5 Å². The molecule has 0 radical (unpaired) electrons. The number of piperidine rings is 1. The van der Waals surface area contributed by atoms with Gasteiger partial charge in [-0.15, -0.1) is 12.4 Å². The van der Waals surface area contributed by atoms with Crippen LogP contribution in [0.4, 0.5) is 0 Å². The lowest BCUT2D eigenvalue weighted by atomic mass is 9.74. The Labute approximate surface area is 238 Å². The van der Waals surface area contributed by atoms with Gasteiger partial charge in [-0.2, -0.15) is 8.42 Å². The van der Waals surface area contributed by atoms with Crippen molar-refractivity contribution in [1.29, 1.82) is 0 Å². The first-order valence-electron chi connectivity index (χ1n) is 13.6. The van der Waals surface area contributed by atoms with Crippen LogP contribution in [0.3, 0.4) is 0 Å². The Balaban J connectivity index is 0.00000353. The first-order chi connectivity index (χ1) is 18.4. The van der Waals surface area contributed by atoms with Crippen LogP contribution in [-0.2, 0) is 16.5 Å². The molecule has 5 rings (SSSR count). The molecule has 1 saturated heterocycles. The molecule has 0 aromatic heterocycles. The average Bonchev–Trinajstić information content (AvgIpc) is 2.92. The van der Waals surface area contributed by atoms with Crippen molar-refractivity contribution in [1.82, 2.24) is 10.2 Å². The minimum atomic E-state index is -3.55. The van der Waals surface area contributed by atoms with Crippen LogP contribution in [-0.4, -0.2) is 51.2 Å². The highest BCUT2D eigenvalue weighted by Gasteiger charge is 2.37. The largest absolute Gasteiger partial charge is 0.382 e. The Kier molecular flexibility index (Phi) is 9.70. The van der Waals surface area contributed by atoms with Gasteiger partial charge >= 0.3 is 10.1 Å². The molecule has 0 bridgehead atoms. The Morgan fingerprint density at radius 3 is 2.44 bits per heavy atom. The number of amides is 1. The molecule has 0 unspecified atom stereocenters. The van der Waals surface area contributed by atoms with Crippen LogP contribution in [0.15, 0.2) is 72.8 Å². The molecule has 1 amide bonds. The van der Waals surface area contributed by atoms with E-state index >= 15 is 0 Å². The Bertz CT molecular complexity index is 1360.